The molecule has 3 heterocycles. The number of pyridine rings is 1. The number of benzene rings is 1. The zero-order chi connectivity index (χ0) is 24.5. The largest absolute Gasteiger partial charge is 0.349 e. The van der Waals surface area contributed by atoms with Crippen LogP contribution < -0.4 is 11.2 Å². The highest BCUT2D eigenvalue weighted by atomic mass is 32.2. The monoisotopic (exact) mass is 481 g/mol. The van der Waals surface area contributed by atoms with Crippen LogP contribution in [0.5, 0.6) is 0 Å². The predicted molar refractivity (Wildman–Crippen MR) is 131 cm³/mol. The van der Waals surface area contributed by atoms with Crippen LogP contribution in [-0.4, -0.2) is 45.4 Å². The molecule has 0 amide bonds. The molecule has 34 heavy (non-hydrogen) atoms. The molecule has 0 saturated carbocycles. The van der Waals surface area contributed by atoms with E-state index in [9.17, 15) is 18.0 Å². The molecular weight excluding hydrogens is 454 g/mol. The van der Waals surface area contributed by atoms with Crippen molar-refractivity contribution < 1.29 is 8.42 Å². The van der Waals surface area contributed by atoms with Gasteiger partial charge in [-0.3, -0.25) is 18.9 Å². The van der Waals surface area contributed by atoms with Gasteiger partial charge in [0.15, 0.2) is 0 Å². The molecule has 1 N–H and O–H groups in total. The summed E-state index contributed by atoms with van der Waals surface area (Å²) in [5.74, 6) is 0. The van der Waals surface area contributed by atoms with Gasteiger partial charge in [-0.2, -0.15) is 0 Å². The Labute approximate surface area is 197 Å². The molecule has 0 atom stereocenters. The van der Waals surface area contributed by atoms with E-state index in [4.69, 9.17) is 0 Å². The highest BCUT2D eigenvalue weighted by Crippen LogP contribution is 2.24. The molecule has 0 spiro atoms. The summed E-state index contributed by atoms with van der Waals surface area (Å²) in [4.78, 5) is 32.7. The minimum Gasteiger partial charge on any atom is -0.349 e. The van der Waals surface area contributed by atoms with Crippen LogP contribution in [0.15, 0.2) is 69.2 Å². The molecule has 0 fully saturated rings. The number of sulfonamides is 1. The van der Waals surface area contributed by atoms with Crippen LogP contribution in [0.2, 0.25) is 0 Å². The van der Waals surface area contributed by atoms with Crippen molar-refractivity contribution in [3.63, 3.8) is 0 Å². The van der Waals surface area contributed by atoms with Gasteiger partial charge in [-0.1, -0.05) is 25.1 Å². The molecule has 1 aromatic carbocycles. The molecule has 10 heteroatoms. The van der Waals surface area contributed by atoms with Crippen LogP contribution in [0.3, 0.4) is 0 Å². The molecule has 0 unspecified atom stereocenters. The van der Waals surface area contributed by atoms with E-state index < -0.39 is 15.6 Å². The fourth-order valence-electron chi connectivity index (χ4n) is 3.88. The average molecular weight is 482 g/mol. The fourth-order valence-corrected chi connectivity index (χ4v) is 5.05. The lowest BCUT2D eigenvalue weighted by atomic mass is 10.1. The van der Waals surface area contributed by atoms with E-state index in [-0.39, 0.29) is 10.6 Å². The van der Waals surface area contributed by atoms with Crippen LogP contribution >= 0.6 is 0 Å². The number of H-pyrrole nitrogens is 1. The number of aryl methyl sites for hydroxylation is 1. The maximum Gasteiger partial charge on any atom is 0.331 e. The van der Waals surface area contributed by atoms with Gasteiger partial charge < -0.3 is 4.98 Å². The number of fused-ring (bicyclic) bond motifs is 1. The van der Waals surface area contributed by atoms with Crippen LogP contribution in [0.4, 0.5) is 0 Å². The van der Waals surface area contributed by atoms with Gasteiger partial charge in [0.05, 0.1) is 10.4 Å². The van der Waals surface area contributed by atoms with E-state index in [1.165, 1.54) is 11.4 Å². The van der Waals surface area contributed by atoms with Gasteiger partial charge in [0.1, 0.15) is 5.52 Å². The Morgan fingerprint density at radius 3 is 2.47 bits per heavy atom. The summed E-state index contributed by atoms with van der Waals surface area (Å²) in [6.07, 6.45) is 2.94. The summed E-state index contributed by atoms with van der Waals surface area (Å²) < 4.78 is 30.0. The van der Waals surface area contributed by atoms with E-state index >= 15 is 0 Å². The average Bonchev–Trinajstić information content (AvgIpc) is 3.30. The minimum atomic E-state index is -3.67. The van der Waals surface area contributed by atoms with Crippen molar-refractivity contribution in [3.8, 4) is 11.3 Å². The number of hydrogen-bond donors (Lipinski definition) is 1. The van der Waals surface area contributed by atoms with Gasteiger partial charge in [0, 0.05) is 51.2 Å². The number of nitrogens with one attached hydrogen (secondary N) is 1. The first kappa shape index (κ1) is 23.7. The Morgan fingerprint density at radius 1 is 1.09 bits per heavy atom. The van der Waals surface area contributed by atoms with Gasteiger partial charge in [-0.05, 0) is 42.3 Å². The summed E-state index contributed by atoms with van der Waals surface area (Å²) in [6.45, 7) is 2.76. The molecule has 0 radical (unpaired) electrons. The number of nitrogens with zero attached hydrogens (tertiary/aromatic N) is 4. The molecule has 0 aliphatic carbocycles. The number of hydrogen-bond acceptors (Lipinski definition) is 5. The minimum absolute atomic E-state index is 0.176. The molecule has 4 aromatic rings. The van der Waals surface area contributed by atoms with E-state index in [0.29, 0.717) is 41.8 Å². The van der Waals surface area contributed by atoms with E-state index in [2.05, 4.69) is 9.97 Å². The van der Waals surface area contributed by atoms with Crippen LogP contribution in [0.25, 0.3) is 22.3 Å². The molecule has 0 bridgehead atoms. The molecule has 0 aliphatic rings. The lowest BCUT2D eigenvalue weighted by molar-refractivity contribution is 0.471. The topological polar surface area (TPSA) is 110 Å². The van der Waals surface area contributed by atoms with E-state index in [0.717, 1.165) is 16.7 Å². The normalized spacial score (nSPS) is 12.0. The summed E-state index contributed by atoms with van der Waals surface area (Å²) in [5.41, 5.74) is 2.30. The fraction of sp³-hybridized carbons (Fsp3) is 0.292. The first-order valence-electron chi connectivity index (χ1n) is 11.0. The lowest BCUT2D eigenvalue weighted by Crippen LogP contribution is -2.38. The first-order valence-corrected chi connectivity index (χ1v) is 12.5. The zero-order valence-electron chi connectivity index (χ0n) is 19.4. The van der Waals surface area contributed by atoms with Crippen molar-refractivity contribution in [2.75, 3.05) is 13.6 Å². The van der Waals surface area contributed by atoms with Crippen molar-refractivity contribution in [3.05, 3.63) is 81.3 Å². The standard InChI is InChI=1S/C24H27N5O4S/c1-4-14-29-21-16-20(26-22(21)23(30)28(3)24(29)31)17-8-10-19(11-9-17)34(32,33)27(2)15-12-18-7-5-6-13-25-18/h5-11,13,16,26H,4,12,14-15H2,1-3H3. The Hall–Kier alpha value is -3.50. The van der Waals surface area contributed by atoms with Crippen molar-refractivity contribution in [1.82, 2.24) is 23.4 Å². The number of likely N-dealkylation sites (N-methyl/N-ethyl adjacent to an activating group) is 1. The Balaban J connectivity index is 1.62. The SMILES string of the molecule is CCCn1c(=O)n(C)c(=O)c2[nH]c(-c3ccc(S(=O)(=O)N(C)CCc4ccccn4)cc3)cc21. The summed E-state index contributed by atoms with van der Waals surface area (Å²) in [6, 6.07) is 13.8. The highest BCUT2D eigenvalue weighted by molar-refractivity contribution is 7.89. The van der Waals surface area contributed by atoms with Crippen molar-refractivity contribution in [2.45, 2.75) is 31.2 Å². The first-order chi connectivity index (χ1) is 16.2. The predicted octanol–water partition coefficient (Wildman–Crippen LogP) is 2.36. The van der Waals surface area contributed by atoms with Crippen LogP contribution in [0, 0.1) is 0 Å². The molecule has 3 aromatic heterocycles. The van der Waals surface area contributed by atoms with Crippen molar-refractivity contribution >= 4 is 21.1 Å². The maximum absolute atomic E-state index is 13.0. The Morgan fingerprint density at radius 2 is 1.82 bits per heavy atom. The molecule has 4 rings (SSSR count). The lowest BCUT2D eigenvalue weighted by Gasteiger charge is -2.17. The zero-order valence-corrected chi connectivity index (χ0v) is 20.2. The number of aromatic nitrogens is 4. The summed E-state index contributed by atoms with van der Waals surface area (Å²) in [7, 11) is -0.661. The Bertz CT molecular complexity index is 1530. The molecule has 0 saturated heterocycles. The smallest absolute Gasteiger partial charge is 0.331 e. The van der Waals surface area contributed by atoms with Crippen molar-refractivity contribution in [2.24, 2.45) is 7.05 Å². The van der Waals surface area contributed by atoms with Gasteiger partial charge >= 0.3 is 5.69 Å². The van der Waals surface area contributed by atoms with Gasteiger partial charge in [0.2, 0.25) is 10.0 Å². The molecule has 0 aliphatic heterocycles. The third-order valence-corrected chi connectivity index (χ3v) is 7.72. The van der Waals surface area contributed by atoms with Crippen LogP contribution in [-0.2, 0) is 30.0 Å². The second-order valence-electron chi connectivity index (χ2n) is 8.16. The van der Waals surface area contributed by atoms with E-state index in [1.807, 2.05) is 25.1 Å². The van der Waals surface area contributed by atoms with Crippen molar-refractivity contribution in [1.29, 1.82) is 0 Å². The van der Waals surface area contributed by atoms with Gasteiger partial charge in [-0.25, -0.2) is 17.5 Å². The number of aromatic amines is 1. The quantitative estimate of drug-likeness (QED) is 0.415. The van der Waals surface area contributed by atoms with Gasteiger partial charge in [-0.15, -0.1) is 0 Å². The highest BCUT2D eigenvalue weighted by Gasteiger charge is 2.21. The van der Waals surface area contributed by atoms with Crippen LogP contribution in [0.1, 0.15) is 19.0 Å². The molecule has 178 valence electrons. The Kier molecular flexibility index (Phi) is 6.54. The molecule has 9 nitrogen and oxygen atoms in total. The summed E-state index contributed by atoms with van der Waals surface area (Å²) >= 11 is 0. The van der Waals surface area contributed by atoms with Gasteiger partial charge in [0.25, 0.3) is 5.56 Å². The second-order valence-corrected chi connectivity index (χ2v) is 10.2. The van der Waals surface area contributed by atoms with E-state index in [1.54, 1.807) is 48.1 Å². The number of rotatable bonds is 8. The maximum atomic E-state index is 13.0. The summed E-state index contributed by atoms with van der Waals surface area (Å²) in [5, 5.41) is 0. The second kappa shape index (κ2) is 9.40. The third kappa shape index (κ3) is 4.34. The third-order valence-electron chi connectivity index (χ3n) is 5.85. The molecular formula is C24H27N5O4S.